The van der Waals surface area contributed by atoms with Gasteiger partial charge in [-0.3, -0.25) is 0 Å². The summed E-state index contributed by atoms with van der Waals surface area (Å²) >= 11 is 0. The first-order chi connectivity index (χ1) is 8.28. The first-order valence-corrected chi connectivity index (χ1v) is 5.35. The normalized spacial score (nSPS) is 10.2. The summed E-state index contributed by atoms with van der Waals surface area (Å²) in [6, 6.07) is 13.4. The van der Waals surface area contributed by atoms with E-state index in [2.05, 4.69) is 0 Å². The van der Waals surface area contributed by atoms with Gasteiger partial charge in [0.1, 0.15) is 18.2 Å². The number of hydrogen-bond acceptors (Lipinski definition) is 2. The summed E-state index contributed by atoms with van der Waals surface area (Å²) in [5, 5.41) is 8.90. The molecule has 0 amide bonds. The number of rotatable bonds is 4. The standard InChI is InChI=1S/C14H13FO2/c15-13-5-7-14(8-6-13)17-10-12-3-1-11(9-16)2-4-12/h1-8,16H,9-10H2. The largest absolute Gasteiger partial charge is 0.489 e. The van der Waals surface area contributed by atoms with Gasteiger partial charge in [-0.25, -0.2) is 4.39 Å². The van der Waals surface area contributed by atoms with Gasteiger partial charge in [-0.15, -0.1) is 0 Å². The molecule has 2 aromatic carbocycles. The maximum atomic E-state index is 12.7. The molecule has 3 heteroatoms. The zero-order valence-corrected chi connectivity index (χ0v) is 9.27. The third kappa shape index (κ3) is 3.29. The molecule has 2 aromatic rings. The predicted molar refractivity (Wildman–Crippen MR) is 63.1 cm³/mol. The minimum absolute atomic E-state index is 0.0408. The molecule has 2 rings (SSSR count). The Labute approximate surface area is 99.3 Å². The highest BCUT2D eigenvalue weighted by atomic mass is 19.1. The lowest BCUT2D eigenvalue weighted by Crippen LogP contribution is -1.95. The Balaban J connectivity index is 1.95. The smallest absolute Gasteiger partial charge is 0.123 e. The summed E-state index contributed by atoms with van der Waals surface area (Å²) in [6.45, 7) is 0.469. The van der Waals surface area contributed by atoms with E-state index in [9.17, 15) is 4.39 Å². The molecule has 88 valence electrons. The van der Waals surface area contributed by atoms with Crippen molar-refractivity contribution in [2.45, 2.75) is 13.2 Å². The van der Waals surface area contributed by atoms with Gasteiger partial charge in [0.2, 0.25) is 0 Å². The summed E-state index contributed by atoms with van der Waals surface area (Å²) in [5.41, 5.74) is 1.88. The third-order valence-electron chi connectivity index (χ3n) is 2.42. The van der Waals surface area contributed by atoms with Gasteiger partial charge in [0.05, 0.1) is 6.61 Å². The summed E-state index contributed by atoms with van der Waals surface area (Å²) in [7, 11) is 0. The van der Waals surface area contributed by atoms with Gasteiger partial charge in [-0.2, -0.15) is 0 Å². The van der Waals surface area contributed by atoms with Crippen molar-refractivity contribution in [3.63, 3.8) is 0 Å². The van der Waals surface area contributed by atoms with Gasteiger partial charge in [0.25, 0.3) is 0 Å². The van der Waals surface area contributed by atoms with E-state index >= 15 is 0 Å². The van der Waals surface area contributed by atoms with Gasteiger partial charge in [-0.1, -0.05) is 24.3 Å². The van der Waals surface area contributed by atoms with Crippen LogP contribution in [0.3, 0.4) is 0 Å². The van der Waals surface area contributed by atoms with Crippen LogP contribution in [0.4, 0.5) is 4.39 Å². The molecular formula is C14H13FO2. The summed E-state index contributed by atoms with van der Waals surface area (Å²) in [5.74, 6) is 0.363. The van der Waals surface area contributed by atoms with Crippen LogP contribution in [0.25, 0.3) is 0 Å². The number of benzene rings is 2. The molecule has 0 unspecified atom stereocenters. The van der Waals surface area contributed by atoms with Crippen molar-refractivity contribution in [3.05, 3.63) is 65.5 Å². The van der Waals surface area contributed by atoms with Crippen molar-refractivity contribution >= 4 is 0 Å². The minimum atomic E-state index is -0.273. The maximum absolute atomic E-state index is 12.7. The first-order valence-electron chi connectivity index (χ1n) is 5.35. The van der Waals surface area contributed by atoms with Crippen LogP contribution in [0.2, 0.25) is 0 Å². The molecule has 0 saturated carbocycles. The third-order valence-corrected chi connectivity index (χ3v) is 2.42. The second-order valence-electron chi connectivity index (χ2n) is 3.72. The van der Waals surface area contributed by atoms with Crippen LogP contribution < -0.4 is 4.74 Å². The Kier molecular flexibility index (Phi) is 3.73. The lowest BCUT2D eigenvalue weighted by molar-refractivity contribution is 0.281. The lowest BCUT2D eigenvalue weighted by Gasteiger charge is -2.06. The highest BCUT2D eigenvalue weighted by Gasteiger charge is 1.97. The van der Waals surface area contributed by atoms with E-state index in [1.165, 1.54) is 12.1 Å². The predicted octanol–water partition coefficient (Wildman–Crippen LogP) is 2.90. The van der Waals surface area contributed by atoms with E-state index in [-0.39, 0.29) is 12.4 Å². The molecule has 17 heavy (non-hydrogen) atoms. The quantitative estimate of drug-likeness (QED) is 0.878. The molecule has 1 N–H and O–H groups in total. The van der Waals surface area contributed by atoms with E-state index in [1.807, 2.05) is 24.3 Å². The molecule has 0 radical (unpaired) electrons. The van der Waals surface area contributed by atoms with E-state index < -0.39 is 0 Å². The number of aliphatic hydroxyl groups is 1. The molecule has 0 spiro atoms. The van der Waals surface area contributed by atoms with Crippen molar-refractivity contribution in [2.75, 3.05) is 0 Å². The summed E-state index contributed by atoms with van der Waals surface area (Å²) in [4.78, 5) is 0. The SMILES string of the molecule is OCc1ccc(COc2ccc(F)cc2)cc1. The Bertz CT molecular complexity index is 463. The number of aliphatic hydroxyl groups excluding tert-OH is 1. The van der Waals surface area contributed by atoms with Gasteiger partial charge in [0.15, 0.2) is 0 Å². The van der Waals surface area contributed by atoms with E-state index in [0.717, 1.165) is 11.1 Å². The fourth-order valence-corrected chi connectivity index (χ4v) is 1.44. The van der Waals surface area contributed by atoms with Crippen LogP contribution in [-0.2, 0) is 13.2 Å². The topological polar surface area (TPSA) is 29.5 Å². The highest BCUT2D eigenvalue weighted by Crippen LogP contribution is 2.13. The molecule has 0 aromatic heterocycles. The summed E-state index contributed by atoms with van der Waals surface area (Å²) in [6.07, 6.45) is 0. The molecule has 0 heterocycles. The molecule has 2 nitrogen and oxygen atoms in total. The molecule has 0 aliphatic heterocycles. The lowest BCUT2D eigenvalue weighted by atomic mass is 10.1. The fourth-order valence-electron chi connectivity index (χ4n) is 1.44. The van der Waals surface area contributed by atoms with Crippen molar-refractivity contribution in [1.29, 1.82) is 0 Å². The monoisotopic (exact) mass is 232 g/mol. The van der Waals surface area contributed by atoms with Crippen molar-refractivity contribution in [2.24, 2.45) is 0 Å². The van der Waals surface area contributed by atoms with Gasteiger partial charge in [0, 0.05) is 0 Å². The molecule has 0 bridgehead atoms. The number of halogens is 1. The van der Waals surface area contributed by atoms with Crippen LogP contribution in [0.15, 0.2) is 48.5 Å². The second kappa shape index (κ2) is 5.46. The molecule has 0 fully saturated rings. The van der Waals surface area contributed by atoms with Crippen LogP contribution in [-0.4, -0.2) is 5.11 Å². The van der Waals surface area contributed by atoms with Crippen molar-refractivity contribution in [1.82, 2.24) is 0 Å². The minimum Gasteiger partial charge on any atom is -0.489 e. The summed E-state index contributed by atoms with van der Waals surface area (Å²) < 4.78 is 18.1. The second-order valence-corrected chi connectivity index (χ2v) is 3.72. The maximum Gasteiger partial charge on any atom is 0.123 e. The number of ether oxygens (including phenoxy) is 1. The number of hydrogen-bond donors (Lipinski definition) is 1. The fraction of sp³-hybridized carbons (Fsp3) is 0.143. The Morgan fingerprint density at radius 2 is 1.47 bits per heavy atom. The van der Waals surface area contributed by atoms with Crippen LogP contribution in [0.5, 0.6) is 5.75 Å². The molecular weight excluding hydrogens is 219 g/mol. The van der Waals surface area contributed by atoms with Gasteiger partial charge in [-0.05, 0) is 35.4 Å². The molecule has 0 aliphatic rings. The van der Waals surface area contributed by atoms with Gasteiger partial charge < -0.3 is 9.84 Å². The van der Waals surface area contributed by atoms with Crippen molar-refractivity contribution in [3.8, 4) is 5.75 Å². The Hall–Kier alpha value is -1.87. The van der Waals surface area contributed by atoms with Crippen LogP contribution in [0, 0.1) is 5.82 Å². The Morgan fingerprint density at radius 1 is 0.882 bits per heavy atom. The zero-order valence-electron chi connectivity index (χ0n) is 9.27. The molecule has 0 saturated heterocycles. The van der Waals surface area contributed by atoms with E-state index in [4.69, 9.17) is 9.84 Å². The van der Waals surface area contributed by atoms with Crippen LogP contribution in [0.1, 0.15) is 11.1 Å². The van der Waals surface area contributed by atoms with Gasteiger partial charge >= 0.3 is 0 Å². The average molecular weight is 232 g/mol. The first kappa shape index (κ1) is 11.6. The highest BCUT2D eigenvalue weighted by molar-refractivity contribution is 5.24. The molecule has 0 aliphatic carbocycles. The molecule has 0 atom stereocenters. The van der Waals surface area contributed by atoms with Crippen LogP contribution >= 0.6 is 0 Å². The Morgan fingerprint density at radius 3 is 2.06 bits per heavy atom. The van der Waals surface area contributed by atoms with E-state index in [1.54, 1.807) is 12.1 Å². The average Bonchev–Trinajstić information content (AvgIpc) is 2.39. The van der Waals surface area contributed by atoms with Crippen molar-refractivity contribution < 1.29 is 14.2 Å². The zero-order chi connectivity index (χ0) is 12.1. The van der Waals surface area contributed by atoms with E-state index in [0.29, 0.717) is 12.4 Å².